The molecular formula is C23H29NO3. The van der Waals surface area contributed by atoms with Crippen LogP contribution in [0.25, 0.3) is 0 Å². The molecule has 2 aromatic carbocycles. The number of amides is 1. The van der Waals surface area contributed by atoms with Crippen LogP contribution in [-0.2, 0) is 17.6 Å². The first kappa shape index (κ1) is 19.3. The van der Waals surface area contributed by atoms with E-state index in [1.807, 2.05) is 24.3 Å². The van der Waals surface area contributed by atoms with Crippen molar-refractivity contribution in [1.29, 1.82) is 0 Å². The molecule has 1 aliphatic rings. The molecule has 0 spiro atoms. The highest BCUT2D eigenvalue weighted by Crippen LogP contribution is 2.28. The molecule has 0 aromatic heterocycles. The number of likely N-dealkylation sites (tertiary alicyclic amines) is 1. The maximum atomic E-state index is 12.8. The molecule has 1 unspecified atom stereocenters. The predicted octanol–water partition coefficient (Wildman–Crippen LogP) is 4.26. The van der Waals surface area contributed by atoms with E-state index in [2.05, 4.69) is 29.2 Å². The standard InChI is InChI=1S/C23H29NO3/c1-26-21-14-11-19(17-22(21)27-2)12-15-23(25)24-16-6-9-20(24)13-10-18-7-4-3-5-8-18/h3-5,7-8,11,14,17,20H,6,9-10,12-13,15-16H2,1-2H3. The van der Waals surface area contributed by atoms with Crippen molar-refractivity contribution >= 4 is 5.91 Å². The van der Waals surface area contributed by atoms with Crippen molar-refractivity contribution in [3.05, 3.63) is 59.7 Å². The quantitative estimate of drug-likeness (QED) is 0.700. The SMILES string of the molecule is COc1ccc(CCC(=O)N2CCCC2CCc2ccccc2)cc1OC. The summed E-state index contributed by atoms with van der Waals surface area (Å²) in [7, 11) is 3.26. The van der Waals surface area contributed by atoms with E-state index >= 15 is 0 Å². The molecule has 1 aliphatic heterocycles. The highest BCUT2D eigenvalue weighted by atomic mass is 16.5. The topological polar surface area (TPSA) is 38.8 Å². The first-order chi connectivity index (χ1) is 13.2. The van der Waals surface area contributed by atoms with E-state index in [9.17, 15) is 4.79 Å². The summed E-state index contributed by atoms with van der Waals surface area (Å²) in [5.74, 6) is 1.69. The Labute approximate surface area is 162 Å². The van der Waals surface area contributed by atoms with Gasteiger partial charge in [0.1, 0.15) is 0 Å². The van der Waals surface area contributed by atoms with Crippen LogP contribution in [0.3, 0.4) is 0 Å². The fraction of sp³-hybridized carbons (Fsp3) is 0.435. The van der Waals surface area contributed by atoms with Crippen LogP contribution in [0, 0.1) is 0 Å². The van der Waals surface area contributed by atoms with Gasteiger partial charge in [0.25, 0.3) is 0 Å². The summed E-state index contributed by atoms with van der Waals surface area (Å²) in [6, 6.07) is 16.8. The maximum absolute atomic E-state index is 12.8. The molecule has 1 amide bonds. The lowest BCUT2D eigenvalue weighted by atomic mass is 10.0. The van der Waals surface area contributed by atoms with Gasteiger partial charge in [0, 0.05) is 19.0 Å². The Bertz CT molecular complexity index is 745. The van der Waals surface area contributed by atoms with Gasteiger partial charge in [-0.2, -0.15) is 0 Å². The number of ether oxygens (including phenoxy) is 2. The van der Waals surface area contributed by atoms with Gasteiger partial charge in [-0.15, -0.1) is 0 Å². The highest BCUT2D eigenvalue weighted by Gasteiger charge is 2.27. The highest BCUT2D eigenvalue weighted by molar-refractivity contribution is 5.77. The summed E-state index contributed by atoms with van der Waals surface area (Å²) in [4.78, 5) is 14.9. The van der Waals surface area contributed by atoms with Crippen LogP contribution in [-0.4, -0.2) is 37.6 Å². The summed E-state index contributed by atoms with van der Waals surface area (Å²) in [5.41, 5.74) is 2.45. The van der Waals surface area contributed by atoms with Crippen molar-refractivity contribution in [3.63, 3.8) is 0 Å². The fourth-order valence-corrected chi connectivity index (χ4v) is 3.87. The van der Waals surface area contributed by atoms with Crippen molar-refractivity contribution in [2.45, 2.75) is 44.6 Å². The molecule has 4 nitrogen and oxygen atoms in total. The Balaban J connectivity index is 1.53. The third-order valence-electron chi connectivity index (χ3n) is 5.38. The molecule has 0 radical (unpaired) electrons. The van der Waals surface area contributed by atoms with Gasteiger partial charge in [0.2, 0.25) is 5.91 Å². The molecule has 1 fully saturated rings. The first-order valence-electron chi connectivity index (χ1n) is 9.75. The summed E-state index contributed by atoms with van der Waals surface area (Å²) < 4.78 is 10.6. The van der Waals surface area contributed by atoms with Gasteiger partial charge in [0.05, 0.1) is 14.2 Å². The number of carbonyl (C=O) groups is 1. The smallest absolute Gasteiger partial charge is 0.223 e. The largest absolute Gasteiger partial charge is 0.493 e. The summed E-state index contributed by atoms with van der Waals surface area (Å²) >= 11 is 0. The van der Waals surface area contributed by atoms with Gasteiger partial charge in [0.15, 0.2) is 11.5 Å². The van der Waals surface area contributed by atoms with Crippen LogP contribution in [0.4, 0.5) is 0 Å². The van der Waals surface area contributed by atoms with Crippen LogP contribution in [0.15, 0.2) is 48.5 Å². The predicted molar refractivity (Wildman–Crippen MR) is 107 cm³/mol. The van der Waals surface area contributed by atoms with E-state index < -0.39 is 0 Å². The van der Waals surface area contributed by atoms with E-state index in [1.165, 1.54) is 5.56 Å². The zero-order chi connectivity index (χ0) is 19.1. The van der Waals surface area contributed by atoms with Gasteiger partial charge >= 0.3 is 0 Å². The third-order valence-corrected chi connectivity index (χ3v) is 5.38. The second-order valence-electron chi connectivity index (χ2n) is 7.10. The molecular weight excluding hydrogens is 338 g/mol. The minimum absolute atomic E-state index is 0.264. The van der Waals surface area contributed by atoms with E-state index in [0.717, 1.165) is 44.2 Å². The minimum Gasteiger partial charge on any atom is -0.493 e. The number of hydrogen-bond donors (Lipinski definition) is 0. The number of benzene rings is 2. The zero-order valence-corrected chi connectivity index (χ0v) is 16.3. The lowest BCUT2D eigenvalue weighted by Crippen LogP contribution is -2.35. The Morgan fingerprint density at radius 2 is 1.78 bits per heavy atom. The van der Waals surface area contributed by atoms with Crippen LogP contribution in [0.5, 0.6) is 11.5 Å². The number of methoxy groups -OCH3 is 2. The lowest BCUT2D eigenvalue weighted by molar-refractivity contribution is -0.132. The normalized spacial score (nSPS) is 16.4. The van der Waals surface area contributed by atoms with E-state index in [0.29, 0.717) is 24.0 Å². The molecule has 0 aliphatic carbocycles. The molecule has 0 saturated carbocycles. The molecule has 4 heteroatoms. The van der Waals surface area contributed by atoms with E-state index in [1.54, 1.807) is 14.2 Å². The molecule has 1 atom stereocenters. The van der Waals surface area contributed by atoms with Crippen LogP contribution >= 0.6 is 0 Å². The first-order valence-corrected chi connectivity index (χ1v) is 9.75. The second kappa shape index (κ2) is 9.45. The molecule has 2 aromatic rings. The average molecular weight is 367 g/mol. The van der Waals surface area contributed by atoms with Crippen LogP contribution in [0.1, 0.15) is 36.8 Å². The minimum atomic E-state index is 0.264. The third kappa shape index (κ3) is 5.03. The van der Waals surface area contributed by atoms with Crippen LogP contribution in [0.2, 0.25) is 0 Å². The number of hydrogen-bond acceptors (Lipinski definition) is 3. The van der Waals surface area contributed by atoms with Gasteiger partial charge in [-0.1, -0.05) is 36.4 Å². The molecule has 3 rings (SSSR count). The zero-order valence-electron chi connectivity index (χ0n) is 16.3. The van der Waals surface area contributed by atoms with Crippen LogP contribution < -0.4 is 9.47 Å². The van der Waals surface area contributed by atoms with Gasteiger partial charge in [-0.3, -0.25) is 4.79 Å². The van der Waals surface area contributed by atoms with Gasteiger partial charge in [-0.25, -0.2) is 0 Å². The van der Waals surface area contributed by atoms with Crippen molar-refractivity contribution < 1.29 is 14.3 Å². The number of carbonyl (C=O) groups excluding carboxylic acids is 1. The Morgan fingerprint density at radius 1 is 1.00 bits per heavy atom. The summed E-state index contributed by atoms with van der Waals surface area (Å²) in [5, 5.41) is 0. The van der Waals surface area contributed by atoms with Crippen molar-refractivity contribution in [2.75, 3.05) is 20.8 Å². The Hall–Kier alpha value is -2.49. The Kier molecular flexibility index (Phi) is 6.74. The molecule has 0 bridgehead atoms. The molecule has 0 N–H and O–H groups in total. The summed E-state index contributed by atoms with van der Waals surface area (Å²) in [6.07, 6.45) is 5.58. The summed E-state index contributed by atoms with van der Waals surface area (Å²) in [6.45, 7) is 0.893. The van der Waals surface area contributed by atoms with Crippen molar-refractivity contribution in [3.8, 4) is 11.5 Å². The average Bonchev–Trinajstić information content (AvgIpc) is 3.19. The second-order valence-corrected chi connectivity index (χ2v) is 7.10. The molecule has 1 heterocycles. The lowest BCUT2D eigenvalue weighted by Gasteiger charge is -2.25. The van der Waals surface area contributed by atoms with Gasteiger partial charge < -0.3 is 14.4 Å². The maximum Gasteiger partial charge on any atom is 0.223 e. The number of rotatable bonds is 8. The molecule has 144 valence electrons. The van der Waals surface area contributed by atoms with E-state index in [4.69, 9.17) is 9.47 Å². The van der Waals surface area contributed by atoms with Gasteiger partial charge in [-0.05, 0) is 55.4 Å². The molecule has 1 saturated heterocycles. The fourth-order valence-electron chi connectivity index (χ4n) is 3.87. The Morgan fingerprint density at radius 3 is 2.52 bits per heavy atom. The number of aryl methyl sites for hydroxylation is 2. The number of nitrogens with zero attached hydrogens (tertiary/aromatic N) is 1. The van der Waals surface area contributed by atoms with Crippen molar-refractivity contribution in [1.82, 2.24) is 4.90 Å². The van der Waals surface area contributed by atoms with E-state index in [-0.39, 0.29) is 5.91 Å². The molecule has 27 heavy (non-hydrogen) atoms. The van der Waals surface area contributed by atoms with Crippen molar-refractivity contribution in [2.24, 2.45) is 0 Å². The monoisotopic (exact) mass is 367 g/mol.